The van der Waals surface area contributed by atoms with Crippen LogP contribution >= 0.6 is 0 Å². The normalized spacial score (nSPS) is 11.8. The molecule has 9 heteroatoms. The third kappa shape index (κ3) is 2.47. The second-order valence-corrected chi connectivity index (χ2v) is 5.54. The van der Waals surface area contributed by atoms with Crippen molar-refractivity contribution in [3.8, 4) is 5.69 Å². The molecule has 9 nitrogen and oxygen atoms in total. The predicted octanol–water partition coefficient (Wildman–Crippen LogP) is 2.24. The Morgan fingerprint density at radius 1 is 1.08 bits per heavy atom. The van der Waals surface area contributed by atoms with Crippen LogP contribution in [0.4, 0.5) is 22.9 Å². The molecule has 0 spiro atoms. The largest absolute Gasteiger partial charge is 0.339 e. The molecule has 1 aromatic heterocycles. The molecule has 0 fully saturated rings. The molecule has 3 aromatic rings. The Bertz CT molecular complexity index is 1180. The average Bonchev–Trinajstić information content (AvgIpc) is 2.81. The number of aliphatic imine (C=N–C) groups is 1. The van der Waals surface area contributed by atoms with E-state index >= 15 is 0 Å². The molecule has 2 heterocycles. The molecule has 128 valence electrons. The third-order valence-electron chi connectivity index (χ3n) is 3.94. The zero-order valence-electron chi connectivity index (χ0n) is 13.2. The van der Waals surface area contributed by atoms with E-state index < -0.39 is 16.2 Å². The van der Waals surface area contributed by atoms with E-state index in [-0.39, 0.29) is 17.1 Å². The molecular formula is C17H11N5O4. The summed E-state index contributed by atoms with van der Waals surface area (Å²) in [6.45, 7) is 0. The van der Waals surface area contributed by atoms with E-state index in [2.05, 4.69) is 15.3 Å². The molecular weight excluding hydrogens is 338 g/mol. The molecule has 26 heavy (non-hydrogen) atoms. The molecule has 1 aliphatic heterocycles. The van der Waals surface area contributed by atoms with Gasteiger partial charge in [0.2, 0.25) is 0 Å². The average molecular weight is 349 g/mol. The van der Waals surface area contributed by atoms with Crippen molar-refractivity contribution in [2.75, 3.05) is 5.32 Å². The van der Waals surface area contributed by atoms with Gasteiger partial charge in [-0.15, -0.1) is 0 Å². The van der Waals surface area contributed by atoms with Gasteiger partial charge in [0.15, 0.2) is 0 Å². The monoisotopic (exact) mass is 349 g/mol. The van der Waals surface area contributed by atoms with Gasteiger partial charge in [-0.3, -0.25) is 24.9 Å². The zero-order valence-corrected chi connectivity index (χ0v) is 13.2. The lowest BCUT2D eigenvalue weighted by molar-refractivity contribution is -0.384. The van der Waals surface area contributed by atoms with Gasteiger partial charge in [0.25, 0.3) is 11.2 Å². The SMILES string of the molecule is O=c1[nH]c2c(c(=O)n1-c1ccccc1)C=Nc1cc([N+](=O)[O-])ccc1N2. The summed E-state index contributed by atoms with van der Waals surface area (Å²) < 4.78 is 1.00. The summed E-state index contributed by atoms with van der Waals surface area (Å²) in [5.41, 5.74) is 0.0308. The number of nitrogens with zero attached hydrogens (tertiary/aromatic N) is 3. The highest BCUT2D eigenvalue weighted by molar-refractivity contribution is 5.93. The van der Waals surface area contributed by atoms with Crippen molar-refractivity contribution in [3.63, 3.8) is 0 Å². The number of fused-ring (bicyclic) bond motifs is 2. The van der Waals surface area contributed by atoms with Crippen molar-refractivity contribution in [3.05, 3.63) is 85.0 Å². The number of para-hydroxylation sites is 1. The highest BCUT2D eigenvalue weighted by atomic mass is 16.6. The van der Waals surface area contributed by atoms with Gasteiger partial charge < -0.3 is 5.32 Å². The number of aromatic amines is 1. The summed E-state index contributed by atoms with van der Waals surface area (Å²) >= 11 is 0. The van der Waals surface area contributed by atoms with E-state index in [1.54, 1.807) is 30.3 Å². The van der Waals surface area contributed by atoms with Gasteiger partial charge in [0.05, 0.1) is 27.5 Å². The number of benzene rings is 2. The Hall–Kier alpha value is -4.01. The summed E-state index contributed by atoms with van der Waals surface area (Å²) in [5, 5.41) is 13.8. The fourth-order valence-electron chi connectivity index (χ4n) is 2.69. The van der Waals surface area contributed by atoms with Gasteiger partial charge >= 0.3 is 5.69 Å². The topological polar surface area (TPSA) is 122 Å². The first-order valence-corrected chi connectivity index (χ1v) is 7.59. The quantitative estimate of drug-likeness (QED) is 0.424. The molecule has 0 aliphatic carbocycles. The van der Waals surface area contributed by atoms with E-state index in [0.717, 1.165) is 4.57 Å². The number of nitro groups is 1. The highest BCUT2D eigenvalue weighted by Crippen LogP contribution is 2.33. The van der Waals surface area contributed by atoms with Gasteiger partial charge in [0, 0.05) is 18.3 Å². The van der Waals surface area contributed by atoms with Crippen molar-refractivity contribution in [1.29, 1.82) is 0 Å². The fourth-order valence-corrected chi connectivity index (χ4v) is 2.69. The maximum absolute atomic E-state index is 12.8. The van der Waals surface area contributed by atoms with Crippen molar-refractivity contribution in [1.82, 2.24) is 9.55 Å². The minimum atomic E-state index is -0.605. The lowest BCUT2D eigenvalue weighted by Gasteiger charge is -2.10. The lowest BCUT2D eigenvalue weighted by atomic mass is 10.2. The Morgan fingerprint density at radius 3 is 2.58 bits per heavy atom. The Labute approximate surface area is 145 Å². The zero-order chi connectivity index (χ0) is 18.3. The molecule has 0 atom stereocenters. The Kier molecular flexibility index (Phi) is 3.47. The van der Waals surface area contributed by atoms with Gasteiger partial charge in [-0.1, -0.05) is 18.2 Å². The van der Waals surface area contributed by atoms with Gasteiger partial charge in [-0.25, -0.2) is 9.36 Å². The van der Waals surface area contributed by atoms with Crippen LogP contribution < -0.4 is 16.6 Å². The molecule has 0 saturated carbocycles. The van der Waals surface area contributed by atoms with Crippen LogP contribution in [0, 0.1) is 10.1 Å². The van der Waals surface area contributed by atoms with E-state index in [4.69, 9.17) is 0 Å². The molecule has 2 aromatic carbocycles. The first-order chi connectivity index (χ1) is 12.5. The fraction of sp³-hybridized carbons (Fsp3) is 0. The summed E-state index contributed by atoms with van der Waals surface area (Å²) in [6, 6.07) is 12.6. The minimum Gasteiger partial charge on any atom is -0.339 e. The molecule has 1 aliphatic rings. The molecule has 0 amide bonds. The van der Waals surface area contributed by atoms with Gasteiger partial charge in [0.1, 0.15) is 5.82 Å². The van der Waals surface area contributed by atoms with Crippen LogP contribution in [0.2, 0.25) is 0 Å². The maximum Gasteiger partial charge on any atom is 0.334 e. The van der Waals surface area contributed by atoms with Crippen molar-refractivity contribution in [2.45, 2.75) is 0 Å². The number of rotatable bonds is 2. The summed E-state index contributed by atoms with van der Waals surface area (Å²) in [7, 11) is 0. The number of H-pyrrole nitrogens is 1. The molecule has 4 rings (SSSR count). The number of hydrogen-bond acceptors (Lipinski definition) is 6. The second kappa shape index (κ2) is 5.81. The second-order valence-electron chi connectivity index (χ2n) is 5.54. The van der Waals surface area contributed by atoms with Crippen molar-refractivity contribution < 1.29 is 4.92 Å². The number of aromatic nitrogens is 2. The van der Waals surface area contributed by atoms with E-state index in [9.17, 15) is 19.7 Å². The minimum absolute atomic E-state index is 0.121. The molecule has 0 unspecified atom stereocenters. The first kappa shape index (κ1) is 15.5. The van der Waals surface area contributed by atoms with Crippen LogP contribution in [-0.4, -0.2) is 20.7 Å². The summed E-state index contributed by atoms with van der Waals surface area (Å²) in [4.78, 5) is 42.4. The third-order valence-corrected chi connectivity index (χ3v) is 3.94. The highest BCUT2D eigenvalue weighted by Gasteiger charge is 2.19. The van der Waals surface area contributed by atoms with Crippen LogP contribution in [0.15, 0.2) is 63.1 Å². The van der Waals surface area contributed by atoms with Gasteiger partial charge in [-0.2, -0.15) is 0 Å². The predicted molar refractivity (Wildman–Crippen MR) is 96.3 cm³/mol. The van der Waals surface area contributed by atoms with Crippen LogP contribution in [0.25, 0.3) is 5.69 Å². The van der Waals surface area contributed by atoms with Crippen LogP contribution in [0.5, 0.6) is 0 Å². The van der Waals surface area contributed by atoms with Crippen LogP contribution in [0.1, 0.15) is 5.56 Å². The Balaban J connectivity index is 1.90. The number of nitrogens with one attached hydrogen (secondary N) is 2. The van der Waals surface area contributed by atoms with Gasteiger partial charge in [-0.05, 0) is 18.2 Å². The van der Waals surface area contributed by atoms with E-state index in [1.165, 1.54) is 24.4 Å². The Morgan fingerprint density at radius 2 is 1.85 bits per heavy atom. The van der Waals surface area contributed by atoms with Crippen LogP contribution in [0.3, 0.4) is 0 Å². The number of non-ortho nitro benzene ring substituents is 1. The van der Waals surface area contributed by atoms with Crippen molar-refractivity contribution in [2.24, 2.45) is 4.99 Å². The first-order valence-electron chi connectivity index (χ1n) is 7.59. The summed E-state index contributed by atoms with van der Waals surface area (Å²) in [5.74, 6) is 0.184. The standard InChI is InChI=1S/C17H11N5O4/c23-16-12-9-18-14-8-11(22(25)26)6-7-13(14)19-15(12)20-17(24)21(16)10-4-2-1-3-5-10/h1-9,19H,(H,20,24). The maximum atomic E-state index is 12.8. The van der Waals surface area contributed by atoms with E-state index in [0.29, 0.717) is 17.1 Å². The number of hydrogen-bond donors (Lipinski definition) is 2. The van der Waals surface area contributed by atoms with Crippen molar-refractivity contribution >= 4 is 29.1 Å². The molecule has 0 radical (unpaired) electrons. The van der Waals surface area contributed by atoms with E-state index in [1.807, 2.05) is 0 Å². The molecule has 2 N–H and O–H groups in total. The smallest absolute Gasteiger partial charge is 0.334 e. The van der Waals surface area contributed by atoms with Crippen LogP contribution in [-0.2, 0) is 0 Å². The lowest BCUT2D eigenvalue weighted by Crippen LogP contribution is -2.36. The molecule has 0 bridgehead atoms. The number of anilines is 2. The molecule has 0 saturated heterocycles. The number of nitro benzene ring substituents is 1. The summed E-state index contributed by atoms with van der Waals surface area (Å²) in [6.07, 6.45) is 1.29.